The first-order valence-corrected chi connectivity index (χ1v) is 12.1. The van der Waals surface area contributed by atoms with Crippen LogP contribution in [0.5, 0.6) is 0 Å². The van der Waals surface area contributed by atoms with Crippen LogP contribution in [0.3, 0.4) is 0 Å². The van der Waals surface area contributed by atoms with Crippen LogP contribution in [0.15, 0.2) is 59.5 Å². The summed E-state index contributed by atoms with van der Waals surface area (Å²) in [5, 5.41) is 5.31. The fourth-order valence-corrected chi connectivity index (χ4v) is 5.12. The molecule has 9 nitrogen and oxygen atoms in total. The van der Waals surface area contributed by atoms with E-state index in [9.17, 15) is 22.8 Å². The van der Waals surface area contributed by atoms with Crippen molar-refractivity contribution in [3.63, 3.8) is 0 Å². The summed E-state index contributed by atoms with van der Waals surface area (Å²) >= 11 is 0. The summed E-state index contributed by atoms with van der Waals surface area (Å²) in [6.45, 7) is 1.51. The first-order valence-electron chi connectivity index (χ1n) is 10.7. The highest BCUT2D eigenvalue weighted by Crippen LogP contribution is 2.42. The monoisotopic (exact) mass is 470 g/mol. The molecule has 0 unspecified atom stereocenters. The molecule has 2 aromatic carbocycles. The van der Waals surface area contributed by atoms with E-state index in [2.05, 4.69) is 10.6 Å². The molecule has 1 aliphatic carbocycles. The third-order valence-electron chi connectivity index (χ3n) is 6.09. The maximum atomic E-state index is 12.8. The normalized spacial score (nSPS) is 20.8. The summed E-state index contributed by atoms with van der Waals surface area (Å²) in [6, 6.07) is 14.4. The van der Waals surface area contributed by atoms with Crippen LogP contribution in [0.1, 0.15) is 25.3 Å². The van der Waals surface area contributed by atoms with Crippen LogP contribution in [0.4, 0.5) is 10.5 Å². The summed E-state index contributed by atoms with van der Waals surface area (Å²) in [6.07, 6.45) is 1.75. The van der Waals surface area contributed by atoms with Gasteiger partial charge in [0.2, 0.25) is 15.9 Å². The van der Waals surface area contributed by atoms with Gasteiger partial charge in [0.25, 0.3) is 5.91 Å². The second kappa shape index (κ2) is 8.60. The van der Waals surface area contributed by atoms with Crippen molar-refractivity contribution in [1.29, 1.82) is 0 Å². The van der Waals surface area contributed by atoms with E-state index < -0.39 is 40.0 Å². The molecule has 33 heavy (non-hydrogen) atoms. The van der Waals surface area contributed by atoms with Crippen molar-refractivity contribution in [3.8, 4) is 0 Å². The van der Waals surface area contributed by atoms with Gasteiger partial charge in [0.05, 0.1) is 4.90 Å². The number of hydrogen-bond donors (Lipinski definition) is 2. The highest BCUT2D eigenvalue weighted by atomic mass is 32.2. The van der Waals surface area contributed by atoms with Gasteiger partial charge in [-0.15, -0.1) is 0 Å². The van der Waals surface area contributed by atoms with E-state index in [4.69, 9.17) is 0 Å². The highest BCUT2D eigenvalue weighted by molar-refractivity contribution is 7.89. The van der Waals surface area contributed by atoms with Crippen LogP contribution >= 0.6 is 0 Å². The molecule has 10 heteroatoms. The Balaban J connectivity index is 1.37. The Hall–Kier alpha value is -3.24. The maximum Gasteiger partial charge on any atom is 0.325 e. The summed E-state index contributed by atoms with van der Waals surface area (Å²) in [5.41, 5.74) is 0.284. The molecule has 0 bridgehead atoms. The molecule has 2 fully saturated rings. The number of urea groups is 1. The van der Waals surface area contributed by atoms with Crippen LogP contribution in [0.25, 0.3) is 0 Å². The van der Waals surface area contributed by atoms with Crippen molar-refractivity contribution in [2.45, 2.75) is 36.7 Å². The molecular formula is C23H26N4O5S. The van der Waals surface area contributed by atoms with Gasteiger partial charge in [0.15, 0.2) is 0 Å². The number of sulfonamides is 1. The summed E-state index contributed by atoms with van der Waals surface area (Å²) in [7, 11) is -2.21. The SMILES string of the molecule is CN(Cc1ccccc1)S(=O)(=O)c1ccc(NC(=O)CN2C(=O)N[C@](C)(C3CC3)C2=O)cc1. The van der Waals surface area contributed by atoms with Gasteiger partial charge in [-0.05, 0) is 55.5 Å². The van der Waals surface area contributed by atoms with Crippen molar-refractivity contribution >= 4 is 33.6 Å². The number of imide groups is 1. The van der Waals surface area contributed by atoms with E-state index >= 15 is 0 Å². The number of benzene rings is 2. The predicted molar refractivity (Wildman–Crippen MR) is 122 cm³/mol. The molecule has 1 aliphatic heterocycles. The fourth-order valence-electron chi connectivity index (χ4n) is 3.96. The first-order chi connectivity index (χ1) is 15.6. The number of amides is 4. The minimum atomic E-state index is -3.72. The largest absolute Gasteiger partial charge is 0.325 e. The van der Waals surface area contributed by atoms with Gasteiger partial charge in [-0.25, -0.2) is 13.2 Å². The zero-order valence-corrected chi connectivity index (χ0v) is 19.3. The molecule has 1 heterocycles. The van der Waals surface area contributed by atoms with Crippen LogP contribution in [0.2, 0.25) is 0 Å². The lowest BCUT2D eigenvalue weighted by atomic mass is 9.96. The van der Waals surface area contributed by atoms with E-state index in [0.717, 1.165) is 23.3 Å². The van der Waals surface area contributed by atoms with E-state index in [1.807, 2.05) is 30.3 Å². The van der Waals surface area contributed by atoms with Gasteiger partial charge in [0.1, 0.15) is 12.1 Å². The lowest BCUT2D eigenvalue weighted by Gasteiger charge is -2.20. The van der Waals surface area contributed by atoms with E-state index in [-0.39, 0.29) is 17.4 Å². The number of anilines is 1. The third kappa shape index (κ3) is 4.62. The Morgan fingerprint density at radius 3 is 2.36 bits per heavy atom. The molecule has 2 aliphatic rings. The predicted octanol–water partition coefficient (Wildman–Crippen LogP) is 2.17. The van der Waals surface area contributed by atoms with Gasteiger partial charge < -0.3 is 10.6 Å². The standard InChI is InChI=1S/C23H26N4O5S/c1-23(17-8-9-17)21(29)27(22(30)25-23)15-20(28)24-18-10-12-19(13-11-18)33(31,32)26(2)14-16-6-4-3-5-7-16/h3-7,10-13,17H,8-9,14-15H2,1-2H3,(H,24,28)(H,25,30)/t23-/m1/s1. The smallest absolute Gasteiger partial charge is 0.325 e. The van der Waals surface area contributed by atoms with Crippen molar-refractivity contribution in [2.75, 3.05) is 18.9 Å². The Bertz CT molecular complexity index is 1180. The molecule has 0 spiro atoms. The topological polar surface area (TPSA) is 116 Å². The number of carbonyl (C=O) groups excluding carboxylic acids is 3. The average Bonchev–Trinajstić information content (AvgIpc) is 3.61. The zero-order valence-electron chi connectivity index (χ0n) is 18.4. The molecular weight excluding hydrogens is 444 g/mol. The maximum absolute atomic E-state index is 12.8. The molecule has 174 valence electrons. The molecule has 1 atom stereocenters. The van der Waals surface area contributed by atoms with Gasteiger partial charge >= 0.3 is 6.03 Å². The van der Waals surface area contributed by atoms with Crippen molar-refractivity contribution in [3.05, 3.63) is 60.2 Å². The third-order valence-corrected chi connectivity index (χ3v) is 7.91. The van der Waals surface area contributed by atoms with Gasteiger partial charge in [0, 0.05) is 19.3 Å². The molecule has 4 rings (SSSR count). The van der Waals surface area contributed by atoms with E-state index in [1.165, 1.54) is 35.6 Å². The van der Waals surface area contributed by atoms with Crippen molar-refractivity contribution in [1.82, 2.24) is 14.5 Å². The first kappa shape index (κ1) is 22.9. The molecule has 2 aromatic rings. The molecule has 4 amide bonds. The number of nitrogens with one attached hydrogen (secondary N) is 2. The quantitative estimate of drug-likeness (QED) is 0.574. The number of nitrogens with zero attached hydrogens (tertiary/aromatic N) is 2. The fraction of sp³-hybridized carbons (Fsp3) is 0.348. The molecule has 1 saturated heterocycles. The minimum Gasteiger partial charge on any atom is -0.325 e. The molecule has 2 N–H and O–H groups in total. The number of carbonyl (C=O) groups is 3. The van der Waals surface area contributed by atoms with Gasteiger partial charge in [-0.2, -0.15) is 4.31 Å². The van der Waals surface area contributed by atoms with Gasteiger partial charge in [-0.3, -0.25) is 14.5 Å². The van der Waals surface area contributed by atoms with Crippen LogP contribution < -0.4 is 10.6 Å². The highest BCUT2D eigenvalue weighted by Gasteiger charge is 2.56. The van der Waals surface area contributed by atoms with E-state index in [1.54, 1.807) is 6.92 Å². The Labute approximate surface area is 192 Å². The molecule has 1 saturated carbocycles. The zero-order chi connectivity index (χ0) is 23.8. The lowest BCUT2D eigenvalue weighted by molar-refractivity contribution is -0.134. The second-order valence-corrected chi connectivity index (χ2v) is 10.7. The Morgan fingerprint density at radius 1 is 1.12 bits per heavy atom. The molecule has 0 radical (unpaired) electrons. The number of rotatable bonds is 8. The van der Waals surface area contributed by atoms with Crippen molar-refractivity contribution < 1.29 is 22.8 Å². The van der Waals surface area contributed by atoms with Crippen LogP contribution in [-0.4, -0.2) is 54.6 Å². The summed E-state index contributed by atoms with van der Waals surface area (Å²) < 4.78 is 26.9. The Kier molecular flexibility index (Phi) is 5.98. The average molecular weight is 471 g/mol. The Morgan fingerprint density at radius 2 is 1.76 bits per heavy atom. The summed E-state index contributed by atoms with van der Waals surface area (Å²) in [5.74, 6) is -0.833. The molecule has 0 aromatic heterocycles. The lowest BCUT2D eigenvalue weighted by Crippen LogP contribution is -2.46. The second-order valence-electron chi connectivity index (χ2n) is 8.62. The van der Waals surface area contributed by atoms with Crippen LogP contribution in [0, 0.1) is 5.92 Å². The number of hydrogen-bond acceptors (Lipinski definition) is 5. The van der Waals surface area contributed by atoms with Crippen LogP contribution in [-0.2, 0) is 26.2 Å². The van der Waals surface area contributed by atoms with Crippen molar-refractivity contribution in [2.24, 2.45) is 5.92 Å². The van der Waals surface area contributed by atoms with E-state index in [0.29, 0.717) is 5.69 Å². The summed E-state index contributed by atoms with van der Waals surface area (Å²) in [4.78, 5) is 38.3. The minimum absolute atomic E-state index is 0.0910. The van der Waals surface area contributed by atoms with Gasteiger partial charge in [-0.1, -0.05) is 30.3 Å².